The number of rotatable bonds is 5. The summed E-state index contributed by atoms with van der Waals surface area (Å²) in [5.41, 5.74) is -0.936. The summed E-state index contributed by atoms with van der Waals surface area (Å²) in [4.78, 5) is 8.18. The van der Waals surface area contributed by atoms with Crippen molar-refractivity contribution in [3.8, 4) is 5.75 Å². The lowest BCUT2D eigenvalue weighted by atomic mass is 9.91. The molecule has 0 fully saturated rings. The van der Waals surface area contributed by atoms with Crippen LogP contribution in [0.15, 0.2) is 30.6 Å². The Morgan fingerprint density at radius 1 is 1.21 bits per heavy atom. The normalized spacial score (nSPS) is 13.6. The van der Waals surface area contributed by atoms with Crippen LogP contribution in [-0.4, -0.2) is 36.7 Å². The number of nitrogens with zero attached hydrogens (tertiary/aromatic N) is 4. The lowest BCUT2D eigenvalue weighted by molar-refractivity contribution is -0.274. The Kier molecular flexibility index (Phi) is 4.88. The molecule has 28 heavy (non-hydrogen) atoms. The Morgan fingerprint density at radius 3 is 2.54 bits per heavy atom. The van der Waals surface area contributed by atoms with Crippen molar-refractivity contribution in [3.05, 3.63) is 47.7 Å². The molecule has 1 atom stereocenters. The van der Waals surface area contributed by atoms with E-state index in [0.717, 1.165) is 12.1 Å². The van der Waals surface area contributed by atoms with Crippen LogP contribution in [0.2, 0.25) is 0 Å². The van der Waals surface area contributed by atoms with Crippen LogP contribution in [-0.2, 0) is 0 Å². The Morgan fingerprint density at radius 2 is 1.93 bits per heavy atom. The first-order valence-corrected chi connectivity index (χ1v) is 8.15. The fourth-order valence-electron chi connectivity index (χ4n) is 2.76. The van der Waals surface area contributed by atoms with E-state index >= 15 is 0 Å². The predicted octanol–water partition coefficient (Wildman–Crippen LogP) is 3.39. The van der Waals surface area contributed by atoms with Gasteiger partial charge in [0.05, 0.1) is 11.6 Å². The number of benzene rings is 1. The quantitative estimate of drug-likeness (QED) is 0.640. The lowest BCUT2D eigenvalue weighted by Gasteiger charge is -2.31. The molecule has 3 rings (SSSR count). The van der Waals surface area contributed by atoms with Crippen LogP contribution in [0.1, 0.15) is 31.1 Å². The molecule has 1 unspecified atom stereocenters. The molecule has 0 aliphatic rings. The van der Waals surface area contributed by atoms with E-state index in [0.29, 0.717) is 23.4 Å². The number of aliphatic hydroxyl groups is 1. The van der Waals surface area contributed by atoms with E-state index < -0.39 is 29.6 Å². The van der Waals surface area contributed by atoms with Crippen LogP contribution < -0.4 is 10.1 Å². The number of fused-ring (bicyclic) bond motifs is 1. The van der Waals surface area contributed by atoms with Crippen LogP contribution in [0.4, 0.5) is 23.4 Å². The van der Waals surface area contributed by atoms with Crippen molar-refractivity contribution in [2.45, 2.75) is 38.8 Å². The van der Waals surface area contributed by atoms with E-state index in [1.165, 1.54) is 24.7 Å². The maximum atomic E-state index is 14.6. The van der Waals surface area contributed by atoms with Gasteiger partial charge in [-0.25, -0.2) is 9.37 Å². The van der Waals surface area contributed by atoms with Gasteiger partial charge in [0.25, 0.3) is 5.78 Å². The van der Waals surface area contributed by atoms with Gasteiger partial charge >= 0.3 is 6.36 Å². The van der Waals surface area contributed by atoms with Gasteiger partial charge in [-0.2, -0.15) is 14.6 Å². The minimum Gasteiger partial charge on any atom is -0.406 e. The summed E-state index contributed by atoms with van der Waals surface area (Å²) in [6.07, 6.45) is -3.65. The molecule has 0 amide bonds. The molecular weight excluding hydrogens is 382 g/mol. The van der Waals surface area contributed by atoms with Gasteiger partial charge in [0.15, 0.2) is 0 Å². The lowest BCUT2D eigenvalue weighted by Crippen LogP contribution is -2.35. The molecule has 0 saturated carbocycles. The predicted molar refractivity (Wildman–Crippen MR) is 91.3 cm³/mol. The molecule has 150 valence electrons. The van der Waals surface area contributed by atoms with Crippen LogP contribution >= 0.6 is 0 Å². The zero-order valence-corrected chi connectivity index (χ0v) is 15.1. The fraction of sp³-hybridized carbons (Fsp3) is 0.353. The number of aryl methyl sites for hydroxylation is 1. The third-order valence-corrected chi connectivity index (χ3v) is 3.90. The SMILES string of the molecule is Cc1cc(NC(c2ccc(OC(F)(F)F)cc2F)C(C)(C)O)n2ncnc2n1. The number of nitrogens with one attached hydrogen (secondary N) is 1. The molecule has 11 heteroatoms. The largest absolute Gasteiger partial charge is 0.573 e. The first-order chi connectivity index (χ1) is 12.9. The zero-order valence-electron chi connectivity index (χ0n) is 15.1. The van der Waals surface area contributed by atoms with Crippen molar-refractivity contribution in [1.82, 2.24) is 19.6 Å². The molecular formula is C17H17F4N5O2. The smallest absolute Gasteiger partial charge is 0.406 e. The molecule has 3 aromatic rings. The van der Waals surface area contributed by atoms with Gasteiger partial charge < -0.3 is 15.2 Å². The summed E-state index contributed by atoms with van der Waals surface area (Å²) in [6.45, 7) is 4.61. The number of alkyl halides is 3. The Hall–Kier alpha value is -2.95. The monoisotopic (exact) mass is 399 g/mol. The number of halogens is 4. The summed E-state index contributed by atoms with van der Waals surface area (Å²) in [5, 5.41) is 17.6. The highest BCUT2D eigenvalue weighted by atomic mass is 19.4. The molecule has 0 spiro atoms. The Balaban J connectivity index is 2.01. The highest BCUT2D eigenvalue weighted by Gasteiger charge is 2.34. The molecule has 2 N–H and O–H groups in total. The van der Waals surface area contributed by atoms with E-state index in [-0.39, 0.29) is 5.56 Å². The first-order valence-electron chi connectivity index (χ1n) is 8.15. The van der Waals surface area contributed by atoms with E-state index in [1.54, 1.807) is 13.0 Å². The second kappa shape index (κ2) is 6.89. The molecule has 1 aromatic carbocycles. The summed E-state index contributed by atoms with van der Waals surface area (Å²) < 4.78 is 56.7. The molecule has 0 aliphatic carbocycles. The van der Waals surface area contributed by atoms with Gasteiger partial charge in [-0.05, 0) is 26.8 Å². The van der Waals surface area contributed by atoms with Gasteiger partial charge in [-0.1, -0.05) is 6.07 Å². The average molecular weight is 399 g/mol. The molecule has 7 nitrogen and oxygen atoms in total. The van der Waals surface area contributed by atoms with Gasteiger partial charge in [-0.15, -0.1) is 13.2 Å². The van der Waals surface area contributed by atoms with Crippen LogP contribution in [0.3, 0.4) is 0 Å². The topological polar surface area (TPSA) is 84.6 Å². The van der Waals surface area contributed by atoms with Gasteiger partial charge in [0.1, 0.15) is 23.7 Å². The third kappa shape index (κ3) is 4.30. The van der Waals surface area contributed by atoms with E-state index in [1.807, 2.05) is 0 Å². The highest BCUT2D eigenvalue weighted by molar-refractivity contribution is 5.48. The number of hydrogen-bond acceptors (Lipinski definition) is 6. The van der Waals surface area contributed by atoms with Crippen molar-refractivity contribution in [3.63, 3.8) is 0 Å². The maximum absolute atomic E-state index is 14.6. The molecule has 0 saturated heterocycles. The van der Waals surface area contributed by atoms with Gasteiger partial charge in [0.2, 0.25) is 0 Å². The van der Waals surface area contributed by atoms with E-state index in [2.05, 4.69) is 25.1 Å². The van der Waals surface area contributed by atoms with Crippen molar-refractivity contribution >= 4 is 11.6 Å². The minimum atomic E-state index is -4.94. The number of ether oxygens (including phenoxy) is 1. The minimum absolute atomic E-state index is 0.0512. The van der Waals surface area contributed by atoms with Crippen molar-refractivity contribution in [2.24, 2.45) is 0 Å². The average Bonchev–Trinajstić information content (AvgIpc) is 2.99. The molecule has 2 heterocycles. The number of hydrogen-bond donors (Lipinski definition) is 2. The van der Waals surface area contributed by atoms with E-state index in [9.17, 15) is 22.7 Å². The molecule has 0 bridgehead atoms. The summed E-state index contributed by atoms with van der Waals surface area (Å²) >= 11 is 0. The molecule has 0 aliphatic heterocycles. The first kappa shape index (κ1) is 19.8. The fourth-order valence-corrected chi connectivity index (χ4v) is 2.76. The molecule has 0 radical (unpaired) electrons. The van der Waals surface area contributed by atoms with Gasteiger partial charge in [0, 0.05) is 23.4 Å². The Labute approximate surface area is 157 Å². The van der Waals surface area contributed by atoms with Crippen LogP contribution in [0.5, 0.6) is 5.75 Å². The van der Waals surface area contributed by atoms with Crippen molar-refractivity contribution in [2.75, 3.05) is 5.32 Å². The summed E-state index contributed by atoms with van der Waals surface area (Å²) in [5.74, 6) is -0.989. The van der Waals surface area contributed by atoms with Crippen molar-refractivity contribution in [1.29, 1.82) is 0 Å². The maximum Gasteiger partial charge on any atom is 0.573 e. The van der Waals surface area contributed by atoms with Gasteiger partial charge in [-0.3, -0.25) is 0 Å². The number of anilines is 1. The third-order valence-electron chi connectivity index (χ3n) is 3.90. The van der Waals surface area contributed by atoms with Crippen molar-refractivity contribution < 1.29 is 27.4 Å². The van der Waals surface area contributed by atoms with Crippen LogP contribution in [0, 0.1) is 12.7 Å². The second-order valence-corrected chi connectivity index (χ2v) is 6.72. The second-order valence-electron chi connectivity index (χ2n) is 6.72. The summed E-state index contributed by atoms with van der Waals surface area (Å²) in [7, 11) is 0. The standard InChI is InChI=1S/C17H17F4N5O2/c1-9-6-13(26-15(24-9)22-8-23-26)25-14(16(2,3)27)11-5-4-10(7-12(11)18)28-17(19,20)21/h4-8,14,25,27H,1-3H3. The summed E-state index contributed by atoms with van der Waals surface area (Å²) in [6, 6.07) is 3.32. The molecule has 2 aromatic heterocycles. The van der Waals surface area contributed by atoms with Crippen LogP contribution in [0.25, 0.3) is 5.78 Å². The highest BCUT2D eigenvalue weighted by Crippen LogP contribution is 2.34. The number of aromatic nitrogens is 4. The Bertz CT molecular complexity index is 997. The zero-order chi connectivity index (χ0) is 20.7. The van der Waals surface area contributed by atoms with E-state index in [4.69, 9.17) is 0 Å².